The Labute approximate surface area is 86.7 Å². The highest BCUT2D eigenvalue weighted by Crippen LogP contribution is 1.96. The maximum atomic E-state index is 5.44. The van der Waals surface area contributed by atoms with Crippen molar-refractivity contribution in [3.63, 3.8) is 0 Å². The number of nitrogens with zero attached hydrogens (tertiary/aromatic N) is 1. The minimum atomic E-state index is -0.279. The van der Waals surface area contributed by atoms with Gasteiger partial charge in [0.05, 0.1) is 0 Å². The molecule has 0 aromatic rings. The number of hydrogen-bond donors (Lipinski definition) is 1. The fraction of sp³-hybridized carbons (Fsp3) is 0.900. The van der Waals surface area contributed by atoms with Crippen molar-refractivity contribution in [1.82, 2.24) is 5.32 Å². The molecule has 1 N–H and O–H groups in total. The summed E-state index contributed by atoms with van der Waals surface area (Å²) < 4.78 is 10.4. The SMILES string of the molecule is COC(C)OC(=NC(C)C)NC(C)C. The molecule has 0 amide bonds. The normalized spacial score (nSPS) is 14.7. The van der Waals surface area contributed by atoms with Gasteiger partial charge in [0.1, 0.15) is 0 Å². The lowest BCUT2D eigenvalue weighted by Gasteiger charge is -2.18. The maximum Gasteiger partial charge on any atom is 0.287 e. The van der Waals surface area contributed by atoms with Crippen LogP contribution in [0.1, 0.15) is 34.6 Å². The quantitative estimate of drug-likeness (QED) is 0.429. The number of hydrogen-bond acceptors (Lipinski definition) is 3. The zero-order valence-corrected chi connectivity index (χ0v) is 10.00. The topological polar surface area (TPSA) is 42.9 Å². The molecule has 0 spiro atoms. The summed E-state index contributed by atoms with van der Waals surface area (Å²) in [5.41, 5.74) is 0. The van der Waals surface area contributed by atoms with E-state index in [1.165, 1.54) is 0 Å². The molecule has 4 heteroatoms. The van der Waals surface area contributed by atoms with Crippen LogP contribution in [0.5, 0.6) is 0 Å². The zero-order chi connectivity index (χ0) is 11.1. The molecular weight excluding hydrogens is 180 g/mol. The number of aliphatic imine (C=N–C) groups is 1. The molecule has 0 aromatic carbocycles. The average molecular weight is 202 g/mol. The van der Waals surface area contributed by atoms with Gasteiger partial charge in [0.15, 0.2) is 6.29 Å². The number of rotatable bonds is 4. The van der Waals surface area contributed by atoms with Crippen LogP contribution in [0.25, 0.3) is 0 Å². The van der Waals surface area contributed by atoms with Crippen LogP contribution in [-0.2, 0) is 9.47 Å². The highest BCUT2D eigenvalue weighted by atomic mass is 16.7. The van der Waals surface area contributed by atoms with Gasteiger partial charge in [0, 0.05) is 19.2 Å². The molecule has 0 fully saturated rings. The lowest BCUT2D eigenvalue weighted by atomic mass is 10.4. The van der Waals surface area contributed by atoms with Gasteiger partial charge >= 0.3 is 0 Å². The second-order valence-electron chi connectivity index (χ2n) is 3.75. The van der Waals surface area contributed by atoms with Crippen LogP contribution >= 0.6 is 0 Å². The van der Waals surface area contributed by atoms with E-state index in [0.29, 0.717) is 12.1 Å². The molecule has 0 aliphatic carbocycles. The summed E-state index contributed by atoms with van der Waals surface area (Å²) in [6, 6.07) is 1.06. The predicted molar refractivity (Wildman–Crippen MR) is 58.4 cm³/mol. The molecule has 0 aliphatic heterocycles. The van der Waals surface area contributed by atoms with Crippen molar-refractivity contribution in [2.75, 3.05) is 7.11 Å². The number of nitrogens with one attached hydrogen (secondary N) is 1. The van der Waals surface area contributed by atoms with Gasteiger partial charge in [-0.3, -0.25) is 0 Å². The van der Waals surface area contributed by atoms with Crippen LogP contribution in [0, 0.1) is 0 Å². The Hall–Kier alpha value is -0.770. The standard InChI is InChI=1S/C10H22N2O2/c1-7(2)11-10(12-8(3)4)14-9(5)13-6/h7-9H,1-6H3,(H,11,12). The molecule has 0 saturated carbocycles. The van der Waals surface area contributed by atoms with Gasteiger partial charge in [-0.1, -0.05) is 0 Å². The lowest BCUT2D eigenvalue weighted by Crippen LogP contribution is -2.35. The third kappa shape index (κ3) is 6.71. The largest absolute Gasteiger partial charge is 0.436 e. The van der Waals surface area contributed by atoms with E-state index in [4.69, 9.17) is 9.47 Å². The third-order valence-electron chi connectivity index (χ3n) is 1.40. The van der Waals surface area contributed by atoms with Crippen molar-refractivity contribution in [3.05, 3.63) is 0 Å². The molecule has 1 atom stereocenters. The van der Waals surface area contributed by atoms with Crippen LogP contribution in [-0.4, -0.2) is 31.5 Å². The number of amidine groups is 1. The summed E-state index contributed by atoms with van der Waals surface area (Å²) in [4.78, 5) is 4.31. The number of ether oxygens (including phenoxy) is 2. The van der Waals surface area contributed by atoms with E-state index >= 15 is 0 Å². The van der Waals surface area contributed by atoms with Gasteiger partial charge in [-0.05, 0) is 34.6 Å². The van der Waals surface area contributed by atoms with Gasteiger partial charge in [0.2, 0.25) is 0 Å². The molecule has 4 nitrogen and oxygen atoms in total. The first kappa shape index (κ1) is 13.2. The van der Waals surface area contributed by atoms with Crippen LogP contribution in [0.3, 0.4) is 0 Å². The van der Waals surface area contributed by atoms with Crippen molar-refractivity contribution in [3.8, 4) is 0 Å². The Bertz CT molecular complexity index is 179. The van der Waals surface area contributed by atoms with Gasteiger partial charge in [-0.25, -0.2) is 4.99 Å². The fourth-order valence-electron chi connectivity index (χ4n) is 0.788. The molecule has 0 aromatic heterocycles. The summed E-state index contributed by atoms with van der Waals surface area (Å²) in [5, 5.41) is 3.12. The fourth-order valence-corrected chi connectivity index (χ4v) is 0.788. The zero-order valence-electron chi connectivity index (χ0n) is 10.00. The van der Waals surface area contributed by atoms with Crippen LogP contribution in [0.4, 0.5) is 0 Å². The average Bonchev–Trinajstić information content (AvgIpc) is 2.01. The summed E-state index contributed by atoms with van der Waals surface area (Å²) in [6.07, 6.45) is -0.279. The van der Waals surface area contributed by atoms with Crippen LogP contribution < -0.4 is 5.32 Å². The Balaban J connectivity index is 4.25. The van der Waals surface area contributed by atoms with E-state index in [9.17, 15) is 0 Å². The van der Waals surface area contributed by atoms with E-state index < -0.39 is 0 Å². The molecule has 0 radical (unpaired) electrons. The predicted octanol–water partition coefficient (Wildman–Crippen LogP) is 1.76. The molecule has 0 heterocycles. The smallest absolute Gasteiger partial charge is 0.287 e. The minimum Gasteiger partial charge on any atom is -0.436 e. The number of methoxy groups -OCH3 is 1. The second kappa shape index (κ2) is 6.65. The summed E-state index contributed by atoms with van der Waals surface area (Å²) in [6.45, 7) is 9.91. The Morgan fingerprint density at radius 1 is 1.14 bits per heavy atom. The molecule has 0 bridgehead atoms. The maximum absolute atomic E-state index is 5.44. The summed E-state index contributed by atoms with van der Waals surface area (Å²) >= 11 is 0. The van der Waals surface area contributed by atoms with Crippen molar-refractivity contribution in [1.29, 1.82) is 0 Å². The van der Waals surface area contributed by atoms with Gasteiger partial charge in [-0.15, -0.1) is 0 Å². The lowest BCUT2D eigenvalue weighted by molar-refractivity contribution is -0.0510. The van der Waals surface area contributed by atoms with Crippen molar-refractivity contribution >= 4 is 6.02 Å². The van der Waals surface area contributed by atoms with E-state index in [1.807, 2.05) is 34.6 Å². The second-order valence-corrected chi connectivity index (χ2v) is 3.75. The summed E-state index contributed by atoms with van der Waals surface area (Å²) in [5.74, 6) is 0. The van der Waals surface area contributed by atoms with E-state index in [0.717, 1.165) is 0 Å². The van der Waals surface area contributed by atoms with Crippen LogP contribution in [0.15, 0.2) is 4.99 Å². The Morgan fingerprint density at radius 2 is 1.71 bits per heavy atom. The van der Waals surface area contributed by atoms with E-state index in [2.05, 4.69) is 10.3 Å². The van der Waals surface area contributed by atoms with Crippen molar-refractivity contribution in [2.24, 2.45) is 4.99 Å². The van der Waals surface area contributed by atoms with Crippen molar-refractivity contribution < 1.29 is 9.47 Å². The highest BCUT2D eigenvalue weighted by molar-refractivity contribution is 5.74. The molecule has 0 aliphatic rings. The molecule has 84 valence electrons. The first-order valence-corrected chi connectivity index (χ1v) is 4.99. The molecule has 1 unspecified atom stereocenters. The van der Waals surface area contributed by atoms with E-state index in [-0.39, 0.29) is 12.3 Å². The molecule has 14 heavy (non-hydrogen) atoms. The molecule has 0 saturated heterocycles. The van der Waals surface area contributed by atoms with Gasteiger partial charge in [-0.2, -0.15) is 0 Å². The summed E-state index contributed by atoms with van der Waals surface area (Å²) in [7, 11) is 1.60. The minimum absolute atomic E-state index is 0.209. The van der Waals surface area contributed by atoms with Crippen LogP contribution in [0.2, 0.25) is 0 Å². The Kier molecular flexibility index (Phi) is 6.28. The monoisotopic (exact) mass is 202 g/mol. The first-order chi connectivity index (χ1) is 6.45. The van der Waals surface area contributed by atoms with Gasteiger partial charge < -0.3 is 14.8 Å². The highest BCUT2D eigenvalue weighted by Gasteiger charge is 2.08. The molecule has 0 rings (SSSR count). The van der Waals surface area contributed by atoms with Crippen molar-refractivity contribution in [2.45, 2.75) is 53.0 Å². The Morgan fingerprint density at radius 3 is 2.07 bits per heavy atom. The third-order valence-corrected chi connectivity index (χ3v) is 1.40. The molecular formula is C10H22N2O2. The van der Waals surface area contributed by atoms with Gasteiger partial charge in [0.25, 0.3) is 6.02 Å². The van der Waals surface area contributed by atoms with E-state index in [1.54, 1.807) is 7.11 Å². The first-order valence-electron chi connectivity index (χ1n) is 4.99.